The molecule has 0 heterocycles. The van der Waals surface area contributed by atoms with E-state index >= 15 is 0 Å². The van der Waals surface area contributed by atoms with Gasteiger partial charge in [0.1, 0.15) is 5.75 Å². The number of benzene rings is 1. The lowest BCUT2D eigenvalue weighted by molar-refractivity contribution is -0.138. The number of aliphatic carboxylic acids is 1. The molecule has 3 nitrogen and oxygen atoms in total. The van der Waals surface area contributed by atoms with Crippen LogP contribution in [-0.2, 0) is 11.2 Å². The van der Waals surface area contributed by atoms with E-state index in [2.05, 4.69) is 13.8 Å². The van der Waals surface area contributed by atoms with Gasteiger partial charge in [-0.1, -0.05) is 25.4 Å². The van der Waals surface area contributed by atoms with Crippen molar-refractivity contribution < 1.29 is 14.6 Å². The zero-order valence-electron chi connectivity index (χ0n) is 12.1. The molecule has 20 heavy (non-hydrogen) atoms. The third kappa shape index (κ3) is 3.26. The molecule has 0 saturated heterocycles. The van der Waals surface area contributed by atoms with E-state index in [9.17, 15) is 4.79 Å². The number of aryl methyl sites for hydroxylation is 1. The second kappa shape index (κ2) is 6.04. The number of hydrogen-bond acceptors (Lipinski definition) is 2. The van der Waals surface area contributed by atoms with Gasteiger partial charge < -0.3 is 9.84 Å². The lowest BCUT2D eigenvalue weighted by Crippen LogP contribution is -2.02. The largest absolute Gasteiger partial charge is 0.496 e. The van der Waals surface area contributed by atoms with Gasteiger partial charge in [0.2, 0.25) is 0 Å². The van der Waals surface area contributed by atoms with Crippen molar-refractivity contribution in [2.75, 3.05) is 7.11 Å². The first kappa shape index (κ1) is 15.2. The fraction of sp³-hybridized carbons (Fsp3) is 0.562. The summed E-state index contributed by atoms with van der Waals surface area (Å²) in [4.78, 5) is 10.9. The van der Waals surface area contributed by atoms with Crippen molar-refractivity contribution in [3.8, 4) is 5.75 Å². The molecule has 4 heteroatoms. The maximum absolute atomic E-state index is 10.9. The van der Waals surface area contributed by atoms with Crippen LogP contribution in [0.2, 0.25) is 5.02 Å². The van der Waals surface area contributed by atoms with Gasteiger partial charge in [0.15, 0.2) is 0 Å². The topological polar surface area (TPSA) is 46.5 Å². The molecule has 2 atom stereocenters. The van der Waals surface area contributed by atoms with E-state index in [4.69, 9.17) is 21.4 Å². The van der Waals surface area contributed by atoms with Gasteiger partial charge in [0, 0.05) is 5.02 Å². The first-order valence-electron chi connectivity index (χ1n) is 7.03. The summed E-state index contributed by atoms with van der Waals surface area (Å²) in [5.41, 5.74) is 2.19. The van der Waals surface area contributed by atoms with E-state index in [0.717, 1.165) is 41.2 Å². The van der Waals surface area contributed by atoms with E-state index in [-0.39, 0.29) is 5.92 Å². The van der Waals surface area contributed by atoms with Crippen LogP contribution in [0.5, 0.6) is 5.75 Å². The van der Waals surface area contributed by atoms with E-state index in [1.807, 2.05) is 12.1 Å². The Morgan fingerprint density at radius 2 is 2.20 bits per heavy atom. The number of ether oxygens (including phenoxy) is 1. The molecule has 0 spiro atoms. The molecule has 1 aromatic carbocycles. The van der Waals surface area contributed by atoms with Gasteiger partial charge in [-0.05, 0) is 54.4 Å². The van der Waals surface area contributed by atoms with Crippen molar-refractivity contribution >= 4 is 17.6 Å². The minimum Gasteiger partial charge on any atom is -0.496 e. The molecular weight excluding hydrogens is 276 g/mol. The summed E-state index contributed by atoms with van der Waals surface area (Å²) in [6.45, 7) is 4.22. The van der Waals surface area contributed by atoms with Crippen molar-refractivity contribution in [3.63, 3.8) is 0 Å². The van der Waals surface area contributed by atoms with Crippen LogP contribution in [0.15, 0.2) is 12.1 Å². The van der Waals surface area contributed by atoms with E-state index < -0.39 is 5.97 Å². The Bertz CT molecular complexity index is 511. The standard InChI is InChI=1S/C16H21ClO3/c1-9(2)13-8-12(17)6-11(15(13)20-3)5-4-10-7-14(10)16(18)19/h6,8-10,14H,4-5,7H2,1-3H3,(H,18,19). The SMILES string of the molecule is COc1c(CCC2CC2C(=O)O)cc(Cl)cc1C(C)C. The molecule has 1 aliphatic rings. The van der Waals surface area contributed by atoms with Crippen LogP contribution in [0, 0.1) is 11.8 Å². The van der Waals surface area contributed by atoms with Crippen molar-refractivity contribution in [3.05, 3.63) is 28.3 Å². The number of carboxylic acid groups (broad SMARTS) is 1. The van der Waals surface area contributed by atoms with Gasteiger partial charge in [-0.2, -0.15) is 0 Å². The summed E-state index contributed by atoms with van der Waals surface area (Å²) in [7, 11) is 1.68. The first-order valence-corrected chi connectivity index (χ1v) is 7.41. The fourth-order valence-electron chi connectivity index (χ4n) is 2.75. The highest BCUT2D eigenvalue weighted by molar-refractivity contribution is 6.30. The monoisotopic (exact) mass is 296 g/mol. The van der Waals surface area contributed by atoms with Gasteiger partial charge in [-0.25, -0.2) is 0 Å². The third-order valence-corrected chi connectivity index (χ3v) is 4.23. The summed E-state index contributed by atoms with van der Waals surface area (Å²) in [6.07, 6.45) is 2.50. The van der Waals surface area contributed by atoms with Crippen LogP contribution >= 0.6 is 11.6 Å². The Morgan fingerprint density at radius 1 is 1.50 bits per heavy atom. The summed E-state index contributed by atoms with van der Waals surface area (Å²) in [5.74, 6) is 0.728. The molecule has 1 saturated carbocycles. The molecule has 1 aliphatic carbocycles. The van der Waals surface area contributed by atoms with Gasteiger partial charge >= 0.3 is 5.97 Å². The Kier molecular flexibility index (Phi) is 4.59. The van der Waals surface area contributed by atoms with Gasteiger partial charge in [-0.15, -0.1) is 0 Å². The normalized spacial score (nSPS) is 21.1. The van der Waals surface area contributed by atoms with Gasteiger partial charge in [0.25, 0.3) is 0 Å². The molecule has 1 aromatic rings. The Morgan fingerprint density at radius 3 is 2.70 bits per heavy atom. The quantitative estimate of drug-likeness (QED) is 0.858. The van der Waals surface area contributed by atoms with Crippen molar-refractivity contribution in [2.24, 2.45) is 11.8 Å². The van der Waals surface area contributed by atoms with E-state index in [1.165, 1.54) is 0 Å². The maximum Gasteiger partial charge on any atom is 0.306 e. The van der Waals surface area contributed by atoms with Crippen LogP contribution in [-0.4, -0.2) is 18.2 Å². The Balaban J connectivity index is 2.13. The molecule has 0 amide bonds. The Hall–Kier alpha value is -1.22. The van der Waals surface area contributed by atoms with Crippen LogP contribution in [0.3, 0.4) is 0 Å². The highest BCUT2D eigenvalue weighted by Crippen LogP contribution is 2.43. The smallest absolute Gasteiger partial charge is 0.306 e. The van der Waals surface area contributed by atoms with Gasteiger partial charge in [0.05, 0.1) is 13.0 Å². The first-order chi connectivity index (χ1) is 9.43. The molecule has 2 unspecified atom stereocenters. The number of carbonyl (C=O) groups is 1. The second-order valence-corrected chi connectivity index (χ2v) is 6.26. The molecule has 0 aliphatic heterocycles. The minimum absolute atomic E-state index is 0.148. The number of rotatable bonds is 6. The van der Waals surface area contributed by atoms with Crippen LogP contribution in [0.25, 0.3) is 0 Å². The number of hydrogen-bond donors (Lipinski definition) is 1. The molecule has 110 valence electrons. The highest BCUT2D eigenvalue weighted by Gasteiger charge is 2.42. The number of methoxy groups -OCH3 is 1. The predicted octanol–water partition coefficient (Wildman–Crippen LogP) is 4.13. The maximum atomic E-state index is 10.9. The lowest BCUT2D eigenvalue weighted by atomic mass is 9.96. The summed E-state index contributed by atoms with van der Waals surface area (Å²) < 4.78 is 5.54. The number of carboxylic acids is 1. The molecule has 1 fully saturated rings. The highest BCUT2D eigenvalue weighted by atomic mass is 35.5. The zero-order chi connectivity index (χ0) is 14.9. The summed E-state index contributed by atoms with van der Waals surface area (Å²) >= 11 is 6.18. The van der Waals surface area contributed by atoms with E-state index in [1.54, 1.807) is 7.11 Å². The van der Waals surface area contributed by atoms with E-state index in [0.29, 0.717) is 11.8 Å². The molecule has 0 radical (unpaired) electrons. The van der Waals surface area contributed by atoms with Crippen LogP contribution in [0.4, 0.5) is 0 Å². The molecular formula is C16H21ClO3. The summed E-state index contributed by atoms with van der Waals surface area (Å²) in [6, 6.07) is 3.89. The lowest BCUT2D eigenvalue weighted by Gasteiger charge is -2.17. The summed E-state index contributed by atoms with van der Waals surface area (Å²) in [5, 5.41) is 9.65. The third-order valence-electron chi connectivity index (χ3n) is 4.01. The van der Waals surface area contributed by atoms with Gasteiger partial charge in [-0.3, -0.25) is 4.79 Å². The average molecular weight is 297 g/mol. The van der Waals surface area contributed by atoms with Crippen molar-refractivity contribution in [1.82, 2.24) is 0 Å². The molecule has 1 N–H and O–H groups in total. The fourth-order valence-corrected chi connectivity index (χ4v) is 3.00. The Labute approximate surface area is 124 Å². The number of halogens is 1. The minimum atomic E-state index is -0.670. The van der Waals surface area contributed by atoms with Crippen LogP contribution in [0.1, 0.15) is 43.7 Å². The average Bonchev–Trinajstić information content (AvgIpc) is 3.15. The molecule has 2 rings (SSSR count). The second-order valence-electron chi connectivity index (χ2n) is 5.82. The predicted molar refractivity (Wildman–Crippen MR) is 79.6 cm³/mol. The van der Waals surface area contributed by atoms with Crippen LogP contribution < -0.4 is 4.74 Å². The molecule has 0 aromatic heterocycles. The zero-order valence-corrected chi connectivity index (χ0v) is 12.9. The van der Waals surface area contributed by atoms with Crippen molar-refractivity contribution in [1.29, 1.82) is 0 Å². The van der Waals surface area contributed by atoms with Crippen molar-refractivity contribution in [2.45, 2.75) is 39.0 Å². The molecule has 0 bridgehead atoms.